The first-order valence-electron chi connectivity index (χ1n) is 13.4. The Morgan fingerprint density at radius 3 is 2.15 bits per heavy atom. The van der Waals surface area contributed by atoms with Crippen LogP contribution >= 0.6 is 0 Å². The Morgan fingerprint density at radius 1 is 1.08 bits per heavy atom. The fourth-order valence-electron chi connectivity index (χ4n) is 3.70. The van der Waals surface area contributed by atoms with Gasteiger partial charge >= 0.3 is 5.97 Å². The first-order chi connectivity index (χ1) is 18.2. The Labute approximate surface area is 233 Å². The van der Waals surface area contributed by atoms with Crippen LogP contribution < -0.4 is 16.4 Å². The predicted octanol–water partition coefficient (Wildman–Crippen LogP) is 5.79. The number of aryl methyl sites for hydroxylation is 1. The maximum absolute atomic E-state index is 11.9. The summed E-state index contributed by atoms with van der Waals surface area (Å²) in [5, 5.41) is 31.9. The van der Waals surface area contributed by atoms with Crippen LogP contribution in [0.2, 0.25) is 0 Å². The number of unbranched alkanes of at least 4 members (excludes halogenated alkanes) is 2. The molecule has 0 heterocycles. The monoisotopic (exact) mass is 538 g/mol. The molecule has 0 aliphatic carbocycles. The molecule has 0 fully saturated rings. The lowest BCUT2D eigenvalue weighted by atomic mass is 9.87. The van der Waals surface area contributed by atoms with E-state index < -0.39 is 5.97 Å². The van der Waals surface area contributed by atoms with Crippen LogP contribution in [0.1, 0.15) is 87.4 Å². The Kier molecular flexibility index (Phi) is 13.4. The largest absolute Gasteiger partial charge is 0.478 e. The number of carbonyl (C=O) groups is 2. The maximum Gasteiger partial charge on any atom is 0.335 e. The molecule has 0 aromatic heterocycles. The van der Waals surface area contributed by atoms with Crippen molar-refractivity contribution in [2.75, 3.05) is 11.9 Å². The van der Waals surface area contributed by atoms with Gasteiger partial charge in [-0.05, 0) is 60.2 Å². The molecule has 2 aromatic rings. The summed E-state index contributed by atoms with van der Waals surface area (Å²) >= 11 is 0. The molecule has 2 atom stereocenters. The fraction of sp³-hybridized carbons (Fsp3) is 0.452. The average Bonchev–Trinajstić information content (AvgIpc) is 2.87. The number of nitrogens with one attached hydrogen (secondary N) is 3. The summed E-state index contributed by atoms with van der Waals surface area (Å²) in [6.45, 7) is 15.9. The minimum absolute atomic E-state index is 0.0137. The third-order valence-corrected chi connectivity index (χ3v) is 6.54. The smallest absolute Gasteiger partial charge is 0.335 e. The van der Waals surface area contributed by atoms with E-state index in [0.29, 0.717) is 16.8 Å². The van der Waals surface area contributed by atoms with Crippen molar-refractivity contribution >= 4 is 29.1 Å². The molecule has 0 saturated carbocycles. The standard InChI is InChI=1S/C16H23NO3.C15H23N3O/c1-10-6-7-12(8-13(10)15(19)20)11(2)17-14(9-18)16(3,4)5;1-3-4-5-6-11(2)15(19)18-13-9-7-12(8-10-13)14(16)17/h6-8,14,17-18H,2,9H2,1,3-5H3,(H,19,20);7-11H,3-6H2,1-2H3,(H3,16,17)(H,18,19)/t;11-/m.0/s1. The van der Waals surface area contributed by atoms with Crippen molar-refractivity contribution in [3.05, 3.63) is 71.3 Å². The number of benzene rings is 2. The molecule has 214 valence electrons. The Bertz CT molecular complexity index is 1120. The molecule has 39 heavy (non-hydrogen) atoms. The van der Waals surface area contributed by atoms with Crippen molar-refractivity contribution in [3.63, 3.8) is 0 Å². The van der Waals surface area contributed by atoms with E-state index in [0.717, 1.165) is 24.1 Å². The third kappa shape index (κ3) is 11.3. The molecular weight excluding hydrogens is 492 g/mol. The third-order valence-electron chi connectivity index (χ3n) is 6.54. The molecule has 0 spiro atoms. The Morgan fingerprint density at radius 2 is 1.67 bits per heavy atom. The van der Waals surface area contributed by atoms with E-state index in [4.69, 9.17) is 16.2 Å². The van der Waals surface area contributed by atoms with Crippen molar-refractivity contribution in [2.24, 2.45) is 17.1 Å². The number of nitrogen functional groups attached to an aromatic ring is 1. The average molecular weight is 539 g/mol. The number of aliphatic hydroxyl groups is 1. The number of rotatable bonds is 12. The lowest BCUT2D eigenvalue weighted by Crippen LogP contribution is -2.42. The first kappa shape index (κ1) is 33.4. The van der Waals surface area contributed by atoms with Gasteiger partial charge in [-0.1, -0.05) is 72.6 Å². The number of amidine groups is 1. The Hall–Kier alpha value is -3.65. The van der Waals surface area contributed by atoms with Crippen molar-refractivity contribution in [2.45, 2.75) is 73.3 Å². The van der Waals surface area contributed by atoms with Gasteiger partial charge in [-0.2, -0.15) is 0 Å². The quantitative estimate of drug-likeness (QED) is 0.114. The van der Waals surface area contributed by atoms with Gasteiger partial charge in [-0.3, -0.25) is 10.2 Å². The van der Waals surface area contributed by atoms with Crippen LogP contribution in [0.25, 0.3) is 5.70 Å². The van der Waals surface area contributed by atoms with Gasteiger partial charge in [0, 0.05) is 22.9 Å². The summed E-state index contributed by atoms with van der Waals surface area (Å²) in [4.78, 5) is 23.1. The van der Waals surface area contributed by atoms with Gasteiger partial charge in [0.2, 0.25) is 5.91 Å². The van der Waals surface area contributed by atoms with Gasteiger partial charge < -0.3 is 26.6 Å². The summed E-state index contributed by atoms with van der Waals surface area (Å²) in [7, 11) is 0. The topological polar surface area (TPSA) is 149 Å². The number of carbonyl (C=O) groups excluding carboxylic acids is 1. The number of hydrogen-bond acceptors (Lipinski definition) is 5. The highest BCUT2D eigenvalue weighted by Crippen LogP contribution is 2.23. The second kappa shape index (κ2) is 15.7. The van der Waals surface area contributed by atoms with Gasteiger partial charge in [-0.15, -0.1) is 0 Å². The molecule has 0 saturated heterocycles. The van der Waals surface area contributed by atoms with Crippen LogP contribution in [0.5, 0.6) is 0 Å². The number of carboxylic acids is 1. The highest BCUT2D eigenvalue weighted by Gasteiger charge is 2.24. The molecule has 0 aliphatic heterocycles. The zero-order valence-corrected chi connectivity index (χ0v) is 24.2. The van der Waals surface area contributed by atoms with E-state index in [1.54, 1.807) is 43.3 Å². The lowest BCUT2D eigenvalue weighted by Gasteiger charge is -2.31. The molecule has 0 aliphatic rings. The normalized spacial score (nSPS) is 12.4. The van der Waals surface area contributed by atoms with E-state index in [9.17, 15) is 14.7 Å². The molecular formula is C31H46N4O4. The lowest BCUT2D eigenvalue weighted by molar-refractivity contribution is -0.119. The fourth-order valence-corrected chi connectivity index (χ4v) is 3.70. The predicted molar refractivity (Wildman–Crippen MR) is 160 cm³/mol. The van der Waals surface area contributed by atoms with Gasteiger partial charge in [0.15, 0.2) is 0 Å². The van der Waals surface area contributed by atoms with Crippen LogP contribution in [-0.2, 0) is 4.79 Å². The van der Waals surface area contributed by atoms with Gasteiger partial charge in [-0.25, -0.2) is 4.79 Å². The van der Waals surface area contributed by atoms with E-state index in [1.165, 1.54) is 12.8 Å². The second-order valence-corrected chi connectivity index (χ2v) is 10.9. The number of anilines is 1. The summed E-state index contributed by atoms with van der Waals surface area (Å²) in [5.74, 6) is -0.844. The number of aromatic carboxylic acids is 1. The number of nitrogens with two attached hydrogens (primary N) is 1. The Balaban J connectivity index is 0.000000391. The van der Waals surface area contributed by atoms with Crippen molar-refractivity contribution in [1.82, 2.24) is 5.32 Å². The minimum Gasteiger partial charge on any atom is -0.478 e. The van der Waals surface area contributed by atoms with Crippen molar-refractivity contribution < 1.29 is 19.8 Å². The molecule has 8 heteroatoms. The molecule has 2 aromatic carbocycles. The molecule has 0 radical (unpaired) electrons. The summed E-state index contributed by atoms with van der Waals surface area (Å²) in [6.07, 6.45) is 4.35. The highest BCUT2D eigenvalue weighted by molar-refractivity contribution is 5.96. The number of amides is 1. The minimum atomic E-state index is -0.952. The molecule has 8 nitrogen and oxygen atoms in total. The summed E-state index contributed by atoms with van der Waals surface area (Å²) in [5.41, 5.74) is 8.97. The van der Waals surface area contributed by atoms with E-state index >= 15 is 0 Å². The first-order valence-corrected chi connectivity index (χ1v) is 13.4. The van der Waals surface area contributed by atoms with Gasteiger partial charge in [0.25, 0.3) is 0 Å². The zero-order chi connectivity index (χ0) is 29.8. The molecule has 7 N–H and O–H groups in total. The second-order valence-electron chi connectivity index (χ2n) is 10.9. The van der Waals surface area contributed by atoms with Crippen LogP contribution in [0.15, 0.2) is 49.0 Å². The molecule has 1 amide bonds. The maximum atomic E-state index is 11.9. The number of hydrogen-bond donors (Lipinski definition) is 6. The zero-order valence-electron chi connectivity index (χ0n) is 24.2. The van der Waals surface area contributed by atoms with Crippen molar-refractivity contribution in [1.29, 1.82) is 5.41 Å². The van der Waals surface area contributed by atoms with Crippen LogP contribution in [-0.4, -0.2) is 40.6 Å². The van der Waals surface area contributed by atoms with Gasteiger partial charge in [0.05, 0.1) is 18.2 Å². The molecule has 1 unspecified atom stereocenters. The molecule has 0 bridgehead atoms. The highest BCUT2D eigenvalue weighted by atomic mass is 16.4. The van der Waals surface area contributed by atoms with Gasteiger partial charge in [0.1, 0.15) is 5.84 Å². The molecule has 2 rings (SSSR count). The van der Waals surface area contributed by atoms with Crippen LogP contribution in [0, 0.1) is 23.7 Å². The SMILES string of the molecule is C=C(NC(CO)C(C)(C)C)c1ccc(C)c(C(=O)O)c1.CCCCC[C@H](C)C(=O)Nc1ccc(C(=N)N)cc1. The van der Waals surface area contributed by atoms with E-state index in [-0.39, 0.29) is 41.3 Å². The number of carboxylic acid groups (broad SMARTS) is 1. The van der Waals surface area contributed by atoms with Crippen LogP contribution in [0.4, 0.5) is 5.69 Å². The van der Waals surface area contributed by atoms with Crippen molar-refractivity contribution in [3.8, 4) is 0 Å². The summed E-state index contributed by atoms with van der Waals surface area (Å²) in [6, 6.07) is 12.1. The number of aliphatic hydroxyl groups excluding tert-OH is 1. The van der Waals surface area contributed by atoms with E-state index in [1.807, 2.05) is 33.8 Å². The summed E-state index contributed by atoms with van der Waals surface area (Å²) < 4.78 is 0. The van der Waals surface area contributed by atoms with E-state index in [2.05, 4.69) is 24.1 Å². The van der Waals surface area contributed by atoms with Crippen LogP contribution in [0.3, 0.4) is 0 Å².